The first-order valence-corrected chi connectivity index (χ1v) is 7.85. The number of halogens is 2. The van der Waals surface area contributed by atoms with Gasteiger partial charge in [-0.2, -0.15) is 4.31 Å². The highest BCUT2D eigenvalue weighted by Gasteiger charge is 2.34. The molecular formula is C12H16ClFN2O2S. The molecule has 0 aliphatic heterocycles. The van der Waals surface area contributed by atoms with Crippen LogP contribution in [0.4, 0.5) is 4.39 Å². The van der Waals surface area contributed by atoms with Crippen LogP contribution in [-0.4, -0.2) is 25.8 Å². The molecule has 0 aromatic heterocycles. The van der Waals surface area contributed by atoms with Crippen molar-refractivity contribution in [1.82, 2.24) is 4.31 Å². The lowest BCUT2D eigenvalue weighted by Crippen LogP contribution is -2.41. The van der Waals surface area contributed by atoms with Crippen molar-refractivity contribution in [2.45, 2.75) is 36.7 Å². The fourth-order valence-corrected chi connectivity index (χ4v) is 3.91. The summed E-state index contributed by atoms with van der Waals surface area (Å²) in [7, 11) is -2.39. The molecule has 1 aromatic rings. The van der Waals surface area contributed by atoms with Gasteiger partial charge in [-0.15, -0.1) is 0 Å². The number of benzene rings is 1. The first kappa shape index (κ1) is 14.7. The summed E-state index contributed by atoms with van der Waals surface area (Å²) in [5, 5.41) is 0.169. The summed E-state index contributed by atoms with van der Waals surface area (Å²) in [6.45, 7) is -0.0952. The molecule has 106 valence electrons. The fraction of sp³-hybridized carbons (Fsp3) is 0.500. The highest BCUT2D eigenvalue weighted by molar-refractivity contribution is 7.89. The van der Waals surface area contributed by atoms with E-state index in [0.717, 1.165) is 25.3 Å². The minimum atomic E-state index is -3.87. The number of nitrogens with zero attached hydrogens (tertiary/aromatic N) is 1. The molecule has 0 amide bonds. The molecule has 0 heterocycles. The lowest BCUT2D eigenvalue weighted by atomic mass is 9.94. The second-order valence-corrected chi connectivity index (χ2v) is 7.09. The monoisotopic (exact) mass is 306 g/mol. The van der Waals surface area contributed by atoms with Crippen molar-refractivity contribution >= 4 is 21.6 Å². The average Bonchev–Trinajstić information content (AvgIpc) is 2.29. The maximum absolute atomic E-state index is 14.1. The summed E-state index contributed by atoms with van der Waals surface area (Å²) in [5.74, 6) is -0.807. The molecular weight excluding hydrogens is 291 g/mol. The van der Waals surface area contributed by atoms with E-state index < -0.39 is 20.7 Å². The molecule has 2 N–H and O–H groups in total. The Morgan fingerprint density at radius 3 is 2.58 bits per heavy atom. The number of sulfonamides is 1. The predicted molar refractivity (Wildman–Crippen MR) is 71.9 cm³/mol. The third-order valence-electron chi connectivity index (χ3n) is 3.55. The van der Waals surface area contributed by atoms with Gasteiger partial charge in [-0.25, -0.2) is 12.8 Å². The number of hydrogen-bond donors (Lipinski definition) is 1. The minimum Gasteiger partial charge on any atom is -0.326 e. The van der Waals surface area contributed by atoms with E-state index in [1.807, 2.05) is 0 Å². The second-order valence-electron chi connectivity index (χ2n) is 4.69. The quantitative estimate of drug-likeness (QED) is 0.926. The zero-order chi connectivity index (χ0) is 14.2. The molecule has 0 spiro atoms. The average molecular weight is 307 g/mol. The summed E-state index contributed by atoms with van der Waals surface area (Å²) in [6, 6.07) is 2.43. The number of hydrogen-bond acceptors (Lipinski definition) is 3. The Balaban J connectivity index is 2.47. The molecule has 1 aromatic carbocycles. The van der Waals surface area contributed by atoms with Gasteiger partial charge >= 0.3 is 0 Å². The van der Waals surface area contributed by atoms with Crippen LogP contribution < -0.4 is 5.73 Å². The van der Waals surface area contributed by atoms with Gasteiger partial charge in [0.15, 0.2) is 0 Å². The Kier molecular flexibility index (Phi) is 4.15. The Hall–Kier alpha value is -0.690. The summed E-state index contributed by atoms with van der Waals surface area (Å²) in [6.07, 6.45) is 2.61. The molecule has 19 heavy (non-hydrogen) atoms. The van der Waals surface area contributed by atoms with E-state index in [4.69, 9.17) is 17.3 Å². The van der Waals surface area contributed by atoms with Crippen LogP contribution >= 0.6 is 11.6 Å². The molecule has 0 bridgehead atoms. The van der Waals surface area contributed by atoms with Gasteiger partial charge in [-0.1, -0.05) is 18.0 Å². The zero-order valence-electron chi connectivity index (χ0n) is 10.6. The molecule has 0 unspecified atom stereocenters. The Morgan fingerprint density at radius 2 is 2.11 bits per heavy atom. The number of rotatable bonds is 4. The van der Waals surface area contributed by atoms with Gasteiger partial charge in [0, 0.05) is 30.2 Å². The first-order valence-electron chi connectivity index (χ1n) is 6.04. The van der Waals surface area contributed by atoms with E-state index in [1.165, 1.54) is 17.4 Å². The van der Waals surface area contributed by atoms with Crippen LogP contribution in [0.2, 0.25) is 5.02 Å². The summed E-state index contributed by atoms with van der Waals surface area (Å²) < 4.78 is 40.2. The van der Waals surface area contributed by atoms with Gasteiger partial charge in [0.2, 0.25) is 10.0 Å². The van der Waals surface area contributed by atoms with Crippen molar-refractivity contribution in [2.24, 2.45) is 5.73 Å². The van der Waals surface area contributed by atoms with E-state index >= 15 is 0 Å². The molecule has 1 saturated carbocycles. The molecule has 1 fully saturated rings. The van der Waals surface area contributed by atoms with Crippen LogP contribution in [0.3, 0.4) is 0 Å². The second kappa shape index (κ2) is 5.36. The standard InChI is InChI=1S/C12H16ClFN2O2S/c1-16(10-3-2-4-10)19(17,18)11-6-9(13)5-8(7-15)12(11)14/h5-6,10H,2-4,7,15H2,1H3. The summed E-state index contributed by atoms with van der Waals surface area (Å²) >= 11 is 5.83. The van der Waals surface area contributed by atoms with Crippen molar-refractivity contribution in [3.05, 3.63) is 28.5 Å². The maximum atomic E-state index is 14.1. The van der Waals surface area contributed by atoms with Crippen LogP contribution in [-0.2, 0) is 16.6 Å². The van der Waals surface area contributed by atoms with E-state index in [-0.39, 0.29) is 23.2 Å². The summed E-state index contributed by atoms with van der Waals surface area (Å²) in [5.41, 5.74) is 5.50. The highest BCUT2D eigenvalue weighted by Crippen LogP contribution is 2.31. The molecule has 7 heteroatoms. The van der Waals surface area contributed by atoms with Gasteiger partial charge in [0.05, 0.1) is 0 Å². The van der Waals surface area contributed by atoms with Crippen molar-refractivity contribution in [2.75, 3.05) is 7.05 Å². The van der Waals surface area contributed by atoms with Crippen molar-refractivity contribution < 1.29 is 12.8 Å². The fourth-order valence-electron chi connectivity index (χ4n) is 2.06. The van der Waals surface area contributed by atoms with Gasteiger partial charge in [-0.3, -0.25) is 0 Å². The van der Waals surface area contributed by atoms with E-state index in [1.54, 1.807) is 0 Å². The molecule has 0 atom stereocenters. The third kappa shape index (κ3) is 2.63. The van der Waals surface area contributed by atoms with Crippen molar-refractivity contribution in [3.63, 3.8) is 0 Å². The van der Waals surface area contributed by atoms with Crippen LogP contribution in [0.15, 0.2) is 17.0 Å². The van der Waals surface area contributed by atoms with Gasteiger partial charge in [0.25, 0.3) is 0 Å². The molecule has 0 saturated heterocycles. The van der Waals surface area contributed by atoms with Crippen molar-refractivity contribution in [1.29, 1.82) is 0 Å². The molecule has 0 radical (unpaired) electrons. The van der Waals surface area contributed by atoms with Gasteiger partial charge in [-0.05, 0) is 25.0 Å². The minimum absolute atomic E-state index is 0.0512. The van der Waals surface area contributed by atoms with E-state index in [9.17, 15) is 12.8 Å². The molecule has 1 aliphatic rings. The van der Waals surface area contributed by atoms with Crippen LogP contribution in [0, 0.1) is 5.82 Å². The Labute approximate surface area is 117 Å². The Bertz CT molecular complexity index is 588. The van der Waals surface area contributed by atoms with Crippen LogP contribution in [0.1, 0.15) is 24.8 Å². The third-order valence-corrected chi connectivity index (χ3v) is 5.67. The molecule has 4 nitrogen and oxygen atoms in total. The first-order chi connectivity index (χ1) is 8.87. The smallest absolute Gasteiger partial charge is 0.246 e. The predicted octanol–water partition coefficient (Wildman–Crippen LogP) is 2.11. The topological polar surface area (TPSA) is 63.4 Å². The SMILES string of the molecule is CN(C1CCC1)S(=O)(=O)c1cc(Cl)cc(CN)c1F. The van der Waals surface area contributed by atoms with Gasteiger partial charge in [0.1, 0.15) is 10.7 Å². The lowest BCUT2D eigenvalue weighted by molar-refractivity contribution is 0.249. The van der Waals surface area contributed by atoms with Crippen LogP contribution in [0.5, 0.6) is 0 Å². The van der Waals surface area contributed by atoms with E-state index in [0.29, 0.717) is 0 Å². The normalized spacial score (nSPS) is 16.7. The number of nitrogens with two attached hydrogens (primary N) is 1. The molecule has 1 aliphatic carbocycles. The Morgan fingerprint density at radius 1 is 1.47 bits per heavy atom. The lowest BCUT2D eigenvalue weighted by Gasteiger charge is -2.33. The van der Waals surface area contributed by atoms with E-state index in [2.05, 4.69) is 0 Å². The highest BCUT2D eigenvalue weighted by atomic mass is 35.5. The van der Waals surface area contributed by atoms with Crippen LogP contribution in [0.25, 0.3) is 0 Å². The maximum Gasteiger partial charge on any atom is 0.246 e. The van der Waals surface area contributed by atoms with Gasteiger partial charge < -0.3 is 5.73 Å². The zero-order valence-corrected chi connectivity index (χ0v) is 12.1. The molecule has 2 rings (SSSR count). The summed E-state index contributed by atoms with van der Waals surface area (Å²) in [4.78, 5) is -0.394. The largest absolute Gasteiger partial charge is 0.326 e. The van der Waals surface area contributed by atoms with Crippen molar-refractivity contribution in [3.8, 4) is 0 Å².